The zero-order chi connectivity index (χ0) is 19.6. The summed E-state index contributed by atoms with van der Waals surface area (Å²) in [5.41, 5.74) is 1.05. The van der Waals surface area contributed by atoms with E-state index in [9.17, 15) is 9.59 Å². The number of carbonyl (C=O) groups is 2. The van der Waals surface area contributed by atoms with Gasteiger partial charge >= 0.3 is 0 Å². The Morgan fingerprint density at radius 3 is 2.30 bits per heavy atom. The number of carbonyl (C=O) groups excluding carboxylic acids is 2. The predicted octanol–water partition coefficient (Wildman–Crippen LogP) is 4.09. The first-order valence-electron chi connectivity index (χ1n) is 9.61. The molecule has 0 unspecified atom stereocenters. The van der Waals surface area contributed by atoms with Crippen LogP contribution in [0, 0.1) is 5.92 Å². The molecule has 0 radical (unpaired) electrons. The van der Waals surface area contributed by atoms with Crippen LogP contribution in [0.5, 0.6) is 0 Å². The Labute approximate surface area is 162 Å². The van der Waals surface area contributed by atoms with Crippen molar-refractivity contribution in [1.29, 1.82) is 0 Å². The fourth-order valence-electron chi connectivity index (χ4n) is 2.96. The molecule has 2 amide bonds. The number of hydrogen-bond acceptors (Lipinski definition) is 3. The van der Waals surface area contributed by atoms with Gasteiger partial charge in [0.15, 0.2) is 0 Å². The second-order valence-corrected chi connectivity index (χ2v) is 7.23. The molecule has 0 bridgehead atoms. The number of nitrogens with zero attached hydrogens (tertiary/aromatic N) is 2. The summed E-state index contributed by atoms with van der Waals surface area (Å²) < 4.78 is 5.43. The number of hydrogen-bond donors (Lipinski definition) is 0. The lowest BCUT2D eigenvalue weighted by Gasteiger charge is -2.28. The summed E-state index contributed by atoms with van der Waals surface area (Å²) in [6, 6.07) is 13.5. The van der Waals surface area contributed by atoms with Gasteiger partial charge in [-0.15, -0.1) is 0 Å². The van der Waals surface area contributed by atoms with Crippen LogP contribution in [0.3, 0.4) is 0 Å². The van der Waals surface area contributed by atoms with Crippen molar-refractivity contribution in [2.24, 2.45) is 5.92 Å². The van der Waals surface area contributed by atoms with Crippen molar-refractivity contribution in [3.05, 3.63) is 60.1 Å². The van der Waals surface area contributed by atoms with E-state index >= 15 is 0 Å². The summed E-state index contributed by atoms with van der Waals surface area (Å²) >= 11 is 0. The maximum absolute atomic E-state index is 13.1. The highest BCUT2D eigenvalue weighted by Crippen LogP contribution is 2.13. The van der Waals surface area contributed by atoms with Gasteiger partial charge in [-0.25, -0.2) is 0 Å². The first-order chi connectivity index (χ1) is 13.0. The number of furan rings is 1. The van der Waals surface area contributed by atoms with Gasteiger partial charge in [-0.05, 0) is 30.0 Å². The molecule has 0 saturated heterocycles. The number of rotatable bonds is 10. The number of benzene rings is 1. The third-order valence-corrected chi connectivity index (χ3v) is 4.22. The molecular weight excluding hydrogens is 340 g/mol. The molecule has 2 rings (SSSR count). The van der Waals surface area contributed by atoms with Crippen molar-refractivity contribution in [2.45, 2.75) is 46.7 Å². The minimum absolute atomic E-state index is 0.0391. The SMILES string of the molecule is CCCC(=O)N(CC(=O)N(Cc1ccccc1)Cc1ccco1)CC(C)C. The lowest BCUT2D eigenvalue weighted by molar-refractivity contribution is -0.141. The lowest BCUT2D eigenvalue weighted by atomic mass is 10.1. The van der Waals surface area contributed by atoms with E-state index in [2.05, 4.69) is 13.8 Å². The van der Waals surface area contributed by atoms with Gasteiger partial charge in [0.1, 0.15) is 5.76 Å². The highest BCUT2D eigenvalue weighted by Gasteiger charge is 2.22. The fraction of sp³-hybridized carbons (Fsp3) is 0.455. The molecule has 0 aliphatic rings. The molecule has 0 aliphatic carbocycles. The van der Waals surface area contributed by atoms with E-state index in [1.54, 1.807) is 16.1 Å². The Bertz CT molecular complexity index is 696. The molecule has 0 fully saturated rings. The smallest absolute Gasteiger partial charge is 0.242 e. The van der Waals surface area contributed by atoms with Crippen LogP contribution in [0.25, 0.3) is 0 Å². The van der Waals surface area contributed by atoms with Gasteiger partial charge in [0.25, 0.3) is 0 Å². The largest absolute Gasteiger partial charge is 0.467 e. The monoisotopic (exact) mass is 370 g/mol. The summed E-state index contributed by atoms with van der Waals surface area (Å²) in [6.07, 6.45) is 2.86. The second-order valence-electron chi connectivity index (χ2n) is 7.23. The molecule has 2 aromatic rings. The molecule has 1 heterocycles. The Kier molecular flexibility index (Phi) is 8.11. The van der Waals surface area contributed by atoms with Gasteiger partial charge in [-0.2, -0.15) is 0 Å². The second kappa shape index (κ2) is 10.6. The highest BCUT2D eigenvalue weighted by molar-refractivity contribution is 5.84. The van der Waals surface area contributed by atoms with Crippen LogP contribution in [0.15, 0.2) is 53.1 Å². The maximum atomic E-state index is 13.1. The zero-order valence-corrected chi connectivity index (χ0v) is 16.6. The van der Waals surface area contributed by atoms with Gasteiger partial charge in [0, 0.05) is 19.5 Å². The van der Waals surface area contributed by atoms with E-state index < -0.39 is 0 Å². The molecular formula is C22H30N2O3. The first-order valence-corrected chi connectivity index (χ1v) is 9.61. The molecule has 1 aromatic carbocycles. The third-order valence-electron chi connectivity index (χ3n) is 4.22. The highest BCUT2D eigenvalue weighted by atomic mass is 16.3. The van der Waals surface area contributed by atoms with E-state index in [1.165, 1.54) is 0 Å². The lowest BCUT2D eigenvalue weighted by Crippen LogP contribution is -2.43. The standard InChI is InChI=1S/C22H30N2O3/c1-4-9-21(25)23(14-18(2)3)17-22(26)24(16-20-12-8-13-27-20)15-19-10-6-5-7-11-19/h5-8,10-13,18H,4,9,14-17H2,1-3H3. The Balaban J connectivity index is 2.13. The first kappa shape index (κ1) is 20.7. The number of amides is 2. The summed E-state index contributed by atoms with van der Waals surface area (Å²) in [5, 5.41) is 0. The molecule has 27 heavy (non-hydrogen) atoms. The van der Waals surface area contributed by atoms with Crippen molar-refractivity contribution >= 4 is 11.8 Å². The van der Waals surface area contributed by atoms with E-state index in [1.807, 2.05) is 49.4 Å². The van der Waals surface area contributed by atoms with Crippen LogP contribution < -0.4 is 0 Å². The quantitative estimate of drug-likeness (QED) is 0.633. The summed E-state index contributed by atoms with van der Waals surface area (Å²) in [7, 11) is 0. The molecule has 0 aliphatic heterocycles. The van der Waals surface area contributed by atoms with Crippen molar-refractivity contribution in [1.82, 2.24) is 9.80 Å². The van der Waals surface area contributed by atoms with E-state index in [0.29, 0.717) is 32.0 Å². The zero-order valence-electron chi connectivity index (χ0n) is 16.6. The molecule has 146 valence electrons. The van der Waals surface area contributed by atoms with Crippen LogP contribution in [0.1, 0.15) is 44.9 Å². The van der Waals surface area contributed by atoms with Crippen molar-refractivity contribution in [3.8, 4) is 0 Å². The van der Waals surface area contributed by atoms with Crippen molar-refractivity contribution in [3.63, 3.8) is 0 Å². The van der Waals surface area contributed by atoms with Crippen LogP contribution >= 0.6 is 0 Å². The molecule has 0 atom stereocenters. The third kappa shape index (κ3) is 6.93. The minimum Gasteiger partial charge on any atom is -0.467 e. The topological polar surface area (TPSA) is 53.8 Å². The van der Waals surface area contributed by atoms with Crippen LogP contribution in [-0.2, 0) is 22.7 Å². The van der Waals surface area contributed by atoms with Gasteiger partial charge in [-0.3, -0.25) is 9.59 Å². The summed E-state index contributed by atoms with van der Waals surface area (Å²) in [5.74, 6) is 1.01. The maximum Gasteiger partial charge on any atom is 0.242 e. The van der Waals surface area contributed by atoms with Gasteiger partial charge in [-0.1, -0.05) is 51.1 Å². The minimum atomic E-state index is -0.0691. The summed E-state index contributed by atoms with van der Waals surface area (Å²) in [6.45, 7) is 7.65. The molecule has 1 aromatic heterocycles. The molecule has 5 heteroatoms. The Morgan fingerprint density at radius 2 is 1.70 bits per heavy atom. The normalized spacial score (nSPS) is 10.8. The Hall–Kier alpha value is -2.56. The average Bonchev–Trinajstić information content (AvgIpc) is 3.14. The van der Waals surface area contributed by atoms with Crippen molar-refractivity contribution in [2.75, 3.05) is 13.1 Å². The fourth-order valence-corrected chi connectivity index (χ4v) is 2.96. The molecule has 0 N–H and O–H groups in total. The van der Waals surface area contributed by atoms with E-state index in [0.717, 1.165) is 17.7 Å². The van der Waals surface area contributed by atoms with Crippen LogP contribution in [-0.4, -0.2) is 34.7 Å². The molecule has 0 saturated carbocycles. The van der Waals surface area contributed by atoms with E-state index in [-0.39, 0.29) is 18.4 Å². The van der Waals surface area contributed by atoms with E-state index in [4.69, 9.17) is 4.42 Å². The average molecular weight is 370 g/mol. The van der Waals surface area contributed by atoms with Gasteiger partial charge in [0.05, 0.1) is 19.4 Å². The van der Waals surface area contributed by atoms with Gasteiger partial charge in [0.2, 0.25) is 11.8 Å². The van der Waals surface area contributed by atoms with Crippen LogP contribution in [0.2, 0.25) is 0 Å². The predicted molar refractivity (Wildman–Crippen MR) is 106 cm³/mol. The molecule has 0 spiro atoms. The van der Waals surface area contributed by atoms with Crippen LogP contribution in [0.4, 0.5) is 0 Å². The van der Waals surface area contributed by atoms with Crippen molar-refractivity contribution < 1.29 is 14.0 Å². The molecule has 5 nitrogen and oxygen atoms in total. The Morgan fingerprint density at radius 1 is 0.963 bits per heavy atom. The summed E-state index contributed by atoms with van der Waals surface area (Å²) in [4.78, 5) is 29.0. The van der Waals surface area contributed by atoms with Gasteiger partial charge < -0.3 is 14.2 Å².